The molecule has 1 aromatic heterocycles. The van der Waals surface area contributed by atoms with Gasteiger partial charge in [0, 0.05) is 0 Å². The van der Waals surface area contributed by atoms with Gasteiger partial charge in [-0.3, -0.25) is 0 Å². The van der Waals surface area contributed by atoms with Crippen molar-refractivity contribution in [3.63, 3.8) is 0 Å². The average Bonchev–Trinajstić information content (AvgIpc) is 3.14. The van der Waals surface area contributed by atoms with Crippen LogP contribution in [0.15, 0.2) is 16.5 Å². The molecule has 0 bridgehead atoms. The molecule has 0 radical (unpaired) electrons. The van der Waals surface area contributed by atoms with Gasteiger partial charge in [-0.2, -0.15) is 0 Å². The first kappa shape index (κ1) is 24.1. The second kappa shape index (κ2) is 15.1. The molecule has 0 aromatic carbocycles. The molecule has 1 nitrogen and oxygen atoms in total. The molecule has 0 saturated heterocycles. The number of unbranched alkanes of at least 4 members (excludes halogenated alkanes) is 8. The van der Waals surface area contributed by atoms with Gasteiger partial charge in [0.25, 0.3) is 0 Å². The number of aryl methyl sites for hydroxylation is 1. The molecule has 0 fully saturated rings. The van der Waals surface area contributed by atoms with E-state index in [0.29, 0.717) is 0 Å². The van der Waals surface area contributed by atoms with Crippen LogP contribution < -0.4 is 3.78 Å². The molecule has 0 aliphatic heterocycles. The summed E-state index contributed by atoms with van der Waals surface area (Å²) in [6, 6.07) is 4.75. The second-order valence-electron chi connectivity index (χ2n) is 8.37. The molecule has 0 unspecified atom stereocenters. The maximum absolute atomic E-state index is 6.56. The van der Waals surface area contributed by atoms with Crippen LogP contribution in [0.2, 0.25) is 13.3 Å². The Kier molecular flexibility index (Phi) is 14.0. The molecular weight excluding hydrogens is 423 g/mol. The molecule has 152 valence electrons. The topological polar surface area (TPSA) is 13.1 Å². The summed E-state index contributed by atoms with van der Waals surface area (Å²) in [7, 11) is 0. The summed E-state index contributed by atoms with van der Waals surface area (Å²) in [6.45, 7) is 9.34. The minimum atomic E-state index is -2.34. The van der Waals surface area contributed by atoms with E-state index in [4.69, 9.17) is 4.42 Å². The van der Waals surface area contributed by atoms with Crippen LogP contribution in [0.4, 0.5) is 0 Å². The van der Waals surface area contributed by atoms with Crippen molar-refractivity contribution in [2.75, 3.05) is 0 Å². The van der Waals surface area contributed by atoms with Crippen molar-refractivity contribution in [2.45, 2.75) is 124 Å². The predicted octanol–water partition coefficient (Wildman–Crippen LogP) is 8.24. The first-order valence-corrected chi connectivity index (χ1v) is 19.3. The Bertz CT molecular complexity index is 415. The van der Waals surface area contributed by atoms with Crippen molar-refractivity contribution in [1.29, 1.82) is 0 Å². The van der Waals surface area contributed by atoms with E-state index >= 15 is 0 Å². The van der Waals surface area contributed by atoms with E-state index in [0.717, 1.165) is 6.42 Å². The molecule has 0 aliphatic carbocycles. The van der Waals surface area contributed by atoms with Crippen LogP contribution in [0, 0.1) is 0 Å². The molecule has 1 heterocycles. The van der Waals surface area contributed by atoms with Gasteiger partial charge < -0.3 is 0 Å². The summed E-state index contributed by atoms with van der Waals surface area (Å²) in [6.07, 6.45) is 17.6. The fourth-order valence-electron chi connectivity index (χ4n) is 4.17. The van der Waals surface area contributed by atoms with Gasteiger partial charge in [0.1, 0.15) is 0 Å². The summed E-state index contributed by atoms with van der Waals surface area (Å²) in [5.74, 6) is 1.28. The minimum absolute atomic E-state index is 1.16. The van der Waals surface area contributed by atoms with Gasteiger partial charge >= 0.3 is 169 Å². The Balaban J connectivity index is 2.71. The van der Waals surface area contributed by atoms with E-state index in [1.807, 2.05) is 0 Å². The summed E-state index contributed by atoms with van der Waals surface area (Å²) in [5.41, 5.74) is 0. The molecule has 0 atom stereocenters. The van der Waals surface area contributed by atoms with Crippen LogP contribution in [0.25, 0.3) is 0 Å². The van der Waals surface area contributed by atoms with Crippen LogP contribution in [-0.4, -0.2) is 18.4 Å². The molecule has 1 aromatic rings. The summed E-state index contributed by atoms with van der Waals surface area (Å²) >= 11 is -2.34. The van der Waals surface area contributed by atoms with Crippen LogP contribution in [0.1, 0.15) is 111 Å². The Hall–Kier alpha value is 0.0787. The first-order chi connectivity index (χ1) is 12.7. The maximum atomic E-state index is 6.56. The van der Waals surface area contributed by atoms with E-state index < -0.39 is 18.4 Å². The van der Waals surface area contributed by atoms with Crippen molar-refractivity contribution < 1.29 is 4.42 Å². The average molecular weight is 469 g/mol. The predicted molar refractivity (Wildman–Crippen MR) is 120 cm³/mol. The third-order valence-electron chi connectivity index (χ3n) is 5.99. The summed E-state index contributed by atoms with van der Waals surface area (Å²) in [4.78, 5) is 0. The van der Waals surface area contributed by atoms with Crippen LogP contribution in [0.3, 0.4) is 0 Å². The monoisotopic (exact) mass is 470 g/mol. The van der Waals surface area contributed by atoms with Crippen molar-refractivity contribution >= 4 is 22.2 Å². The Morgan fingerprint density at radius 1 is 0.615 bits per heavy atom. The van der Waals surface area contributed by atoms with Crippen molar-refractivity contribution in [3.05, 3.63) is 17.9 Å². The van der Waals surface area contributed by atoms with Gasteiger partial charge in [-0.15, -0.1) is 0 Å². The standard InChI is InChI=1S/C12H19O.3C4H9.Sn/c1-2-3-4-5-6-7-9-12-10-8-11-13-12;3*1-3-4-2;/h8,10H,2-7,9H2,1H3;3*1,3-4H2,2H3;. The summed E-state index contributed by atoms with van der Waals surface area (Å²) in [5, 5.41) is 0. The van der Waals surface area contributed by atoms with Crippen LogP contribution in [0.5, 0.6) is 0 Å². The number of furan rings is 1. The third kappa shape index (κ3) is 8.84. The van der Waals surface area contributed by atoms with Gasteiger partial charge in [-0.1, -0.05) is 0 Å². The normalized spacial score (nSPS) is 12.0. The van der Waals surface area contributed by atoms with E-state index in [9.17, 15) is 0 Å². The zero-order valence-corrected chi connectivity index (χ0v) is 21.2. The van der Waals surface area contributed by atoms with E-state index in [1.165, 1.54) is 99.9 Å². The first-order valence-electron chi connectivity index (χ1n) is 11.8. The summed E-state index contributed by atoms with van der Waals surface area (Å²) < 4.78 is 12.6. The molecule has 26 heavy (non-hydrogen) atoms. The molecular formula is C24H46OSn. The molecule has 1 rings (SSSR count). The van der Waals surface area contributed by atoms with Gasteiger partial charge in [0.15, 0.2) is 0 Å². The van der Waals surface area contributed by atoms with Crippen LogP contribution >= 0.6 is 0 Å². The Labute approximate surface area is 168 Å². The number of hydrogen-bond acceptors (Lipinski definition) is 1. The van der Waals surface area contributed by atoms with E-state index in [-0.39, 0.29) is 0 Å². The van der Waals surface area contributed by atoms with Crippen molar-refractivity contribution in [3.8, 4) is 0 Å². The van der Waals surface area contributed by atoms with Gasteiger partial charge in [0.05, 0.1) is 0 Å². The molecule has 0 aliphatic rings. The zero-order valence-electron chi connectivity index (χ0n) is 18.4. The van der Waals surface area contributed by atoms with Gasteiger partial charge in [0.2, 0.25) is 0 Å². The quantitative estimate of drug-likeness (QED) is 0.165. The molecule has 2 heteroatoms. The zero-order chi connectivity index (χ0) is 19.1. The Morgan fingerprint density at radius 3 is 1.65 bits per heavy atom. The molecule has 0 saturated carbocycles. The fourth-order valence-corrected chi connectivity index (χ4v) is 19.5. The fraction of sp³-hybridized carbons (Fsp3) is 0.833. The number of hydrogen-bond donors (Lipinski definition) is 0. The van der Waals surface area contributed by atoms with Crippen LogP contribution in [-0.2, 0) is 6.42 Å². The second-order valence-corrected chi connectivity index (χ2v) is 21.4. The van der Waals surface area contributed by atoms with Crippen molar-refractivity contribution in [2.24, 2.45) is 0 Å². The van der Waals surface area contributed by atoms with E-state index in [2.05, 4.69) is 39.8 Å². The third-order valence-corrected chi connectivity index (χ3v) is 21.0. The molecule has 0 amide bonds. The molecule has 0 spiro atoms. The van der Waals surface area contributed by atoms with Gasteiger partial charge in [-0.05, 0) is 0 Å². The van der Waals surface area contributed by atoms with Crippen molar-refractivity contribution in [1.82, 2.24) is 0 Å². The molecule has 0 N–H and O–H groups in total. The van der Waals surface area contributed by atoms with Gasteiger partial charge in [-0.25, -0.2) is 0 Å². The Morgan fingerprint density at radius 2 is 1.12 bits per heavy atom. The SMILES string of the molecule is CCCCCCCCc1cc[c]([Sn]([CH2]CCC)([CH2]CCC)[CH2]CCC)o1. The van der Waals surface area contributed by atoms with E-state index in [1.54, 1.807) is 0 Å². The number of rotatable bonds is 17.